The number of carbonyl (C=O) groups is 3. The van der Waals surface area contributed by atoms with Gasteiger partial charge in [-0.25, -0.2) is 0 Å². The van der Waals surface area contributed by atoms with Crippen LogP contribution in [-0.4, -0.2) is 30.3 Å². The summed E-state index contributed by atoms with van der Waals surface area (Å²) in [6.07, 6.45) is 4.58. The van der Waals surface area contributed by atoms with E-state index in [9.17, 15) is 14.4 Å². The first-order chi connectivity index (χ1) is 12.0. The summed E-state index contributed by atoms with van der Waals surface area (Å²) in [7, 11) is 0. The first-order valence-electron chi connectivity index (χ1n) is 9.01. The maximum atomic E-state index is 12.5. The van der Waals surface area contributed by atoms with Gasteiger partial charge in [-0.1, -0.05) is 19.1 Å². The van der Waals surface area contributed by atoms with Gasteiger partial charge < -0.3 is 15.5 Å². The lowest BCUT2D eigenvalue weighted by Crippen LogP contribution is -2.43. The van der Waals surface area contributed by atoms with Crippen molar-refractivity contribution in [2.24, 2.45) is 5.92 Å². The molecule has 0 bridgehead atoms. The predicted molar refractivity (Wildman–Crippen MR) is 96.2 cm³/mol. The van der Waals surface area contributed by atoms with Crippen LogP contribution in [0.3, 0.4) is 0 Å². The highest BCUT2D eigenvalue weighted by molar-refractivity contribution is 6.10. The third kappa shape index (κ3) is 4.38. The summed E-state index contributed by atoms with van der Waals surface area (Å²) >= 11 is 0. The van der Waals surface area contributed by atoms with Crippen LogP contribution in [0.4, 0.5) is 11.4 Å². The normalized spacial score (nSPS) is 22.8. The summed E-state index contributed by atoms with van der Waals surface area (Å²) in [5, 5.41) is 5.79. The summed E-state index contributed by atoms with van der Waals surface area (Å²) in [6.45, 7) is 2.24. The van der Waals surface area contributed by atoms with Crippen molar-refractivity contribution in [3.05, 3.63) is 24.3 Å². The van der Waals surface area contributed by atoms with Gasteiger partial charge in [-0.2, -0.15) is 0 Å². The summed E-state index contributed by atoms with van der Waals surface area (Å²) in [5.74, 6) is 0.241. The third-order valence-electron chi connectivity index (χ3n) is 5.02. The number of hydrogen-bond donors (Lipinski definition) is 2. The molecule has 1 saturated carbocycles. The van der Waals surface area contributed by atoms with Gasteiger partial charge in [0.05, 0.1) is 11.4 Å². The molecule has 1 aromatic rings. The molecular weight excluding hydrogens is 318 g/mol. The molecule has 6 nitrogen and oxygen atoms in total. The Morgan fingerprint density at radius 3 is 2.64 bits per heavy atom. The third-order valence-corrected chi connectivity index (χ3v) is 5.02. The second-order valence-electron chi connectivity index (χ2n) is 7.07. The van der Waals surface area contributed by atoms with E-state index in [1.165, 1.54) is 4.90 Å². The van der Waals surface area contributed by atoms with Crippen molar-refractivity contribution < 1.29 is 14.4 Å². The van der Waals surface area contributed by atoms with Crippen LogP contribution < -0.4 is 15.5 Å². The number of amides is 3. The minimum Gasteiger partial charge on any atom is -0.353 e. The first-order valence-corrected chi connectivity index (χ1v) is 9.01. The second kappa shape index (κ2) is 7.68. The van der Waals surface area contributed by atoms with Crippen molar-refractivity contribution in [1.29, 1.82) is 0 Å². The van der Waals surface area contributed by atoms with Gasteiger partial charge in [0.15, 0.2) is 0 Å². The highest BCUT2D eigenvalue weighted by atomic mass is 16.2. The Morgan fingerprint density at radius 2 is 1.88 bits per heavy atom. The molecule has 2 N–H and O–H groups in total. The molecule has 3 rings (SSSR count). The zero-order valence-electron chi connectivity index (χ0n) is 14.6. The maximum absolute atomic E-state index is 12.5. The number of nitrogens with zero attached hydrogens (tertiary/aromatic N) is 1. The van der Waals surface area contributed by atoms with Crippen LogP contribution in [0, 0.1) is 5.92 Å². The summed E-state index contributed by atoms with van der Waals surface area (Å²) in [5.41, 5.74) is 1.32. The molecule has 1 fully saturated rings. The van der Waals surface area contributed by atoms with Crippen LogP contribution in [0.1, 0.15) is 45.4 Å². The van der Waals surface area contributed by atoms with E-state index >= 15 is 0 Å². The molecule has 0 radical (unpaired) electrons. The standard InChI is InChI=1S/C19H25N3O3/c1-13-6-8-14(9-7-13)20-17(23)10-11-19(25)22-12-18(24)21-15-4-2-3-5-16(15)22/h2-5,13-14H,6-12H2,1H3,(H,20,23)(H,21,24). The van der Waals surface area contributed by atoms with E-state index in [0.29, 0.717) is 11.4 Å². The van der Waals surface area contributed by atoms with Crippen LogP contribution >= 0.6 is 0 Å². The lowest BCUT2D eigenvalue weighted by Gasteiger charge is -2.29. The fourth-order valence-electron chi connectivity index (χ4n) is 3.52. The van der Waals surface area contributed by atoms with E-state index < -0.39 is 0 Å². The highest BCUT2D eigenvalue weighted by Gasteiger charge is 2.27. The molecule has 2 aliphatic rings. The van der Waals surface area contributed by atoms with E-state index in [4.69, 9.17) is 0 Å². The van der Waals surface area contributed by atoms with E-state index in [-0.39, 0.29) is 43.1 Å². The minimum atomic E-state index is -0.215. The number of fused-ring (bicyclic) bond motifs is 1. The molecule has 0 saturated heterocycles. The Labute approximate surface area is 148 Å². The van der Waals surface area contributed by atoms with E-state index in [1.807, 2.05) is 12.1 Å². The number of carbonyl (C=O) groups excluding carboxylic acids is 3. The zero-order valence-corrected chi connectivity index (χ0v) is 14.6. The molecule has 1 aliphatic heterocycles. The number of hydrogen-bond acceptors (Lipinski definition) is 3. The van der Waals surface area contributed by atoms with Crippen LogP contribution in [0.5, 0.6) is 0 Å². The lowest BCUT2D eigenvalue weighted by atomic mass is 9.87. The Bertz CT molecular complexity index is 666. The Hall–Kier alpha value is -2.37. The second-order valence-corrected chi connectivity index (χ2v) is 7.07. The van der Waals surface area contributed by atoms with Crippen molar-refractivity contribution in [2.75, 3.05) is 16.8 Å². The SMILES string of the molecule is CC1CCC(NC(=O)CCC(=O)N2CC(=O)Nc3ccccc32)CC1. The zero-order chi connectivity index (χ0) is 17.8. The summed E-state index contributed by atoms with van der Waals surface area (Å²) < 4.78 is 0. The fraction of sp³-hybridized carbons (Fsp3) is 0.526. The molecule has 134 valence electrons. The van der Waals surface area contributed by atoms with Gasteiger partial charge >= 0.3 is 0 Å². The van der Waals surface area contributed by atoms with Gasteiger partial charge in [0.1, 0.15) is 6.54 Å². The van der Waals surface area contributed by atoms with Crippen molar-refractivity contribution in [2.45, 2.75) is 51.5 Å². The summed E-state index contributed by atoms with van der Waals surface area (Å²) in [4.78, 5) is 37.9. The molecule has 0 atom stereocenters. The quantitative estimate of drug-likeness (QED) is 0.881. The van der Waals surface area contributed by atoms with Crippen molar-refractivity contribution in [3.8, 4) is 0 Å². The smallest absolute Gasteiger partial charge is 0.244 e. The first kappa shape index (κ1) is 17.5. The molecule has 1 aliphatic carbocycles. The fourth-order valence-corrected chi connectivity index (χ4v) is 3.52. The van der Waals surface area contributed by atoms with Gasteiger partial charge in [0, 0.05) is 18.9 Å². The van der Waals surface area contributed by atoms with Gasteiger partial charge in [-0.15, -0.1) is 0 Å². The van der Waals surface area contributed by atoms with Gasteiger partial charge in [-0.05, 0) is 43.7 Å². The average Bonchev–Trinajstić information content (AvgIpc) is 2.61. The van der Waals surface area contributed by atoms with Crippen LogP contribution in [0.2, 0.25) is 0 Å². The minimum absolute atomic E-state index is 0.00200. The van der Waals surface area contributed by atoms with Crippen LogP contribution in [-0.2, 0) is 14.4 Å². The molecule has 0 aromatic heterocycles. The number of benzene rings is 1. The van der Waals surface area contributed by atoms with Crippen LogP contribution in [0.15, 0.2) is 24.3 Å². The largest absolute Gasteiger partial charge is 0.353 e. The molecule has 1 aromatic carbocycles. The van der Waals surface area contributed by atoms with Crippen molar-refractivity contribution >= 4 is 29.1 Å². The van der Waals surface area contributed by atoms with Crippen molar-refractivity contribution in [1.82, 2.24) is 5.32 Å². The van der Waals surface area contributed by atoms with Gasteiger partial charge in [0.25, 0.3) is 0 Å². The Kier molecular flexibility index (Phi) is 5.36. The highest BCUT2D eigenvalue weighted by Crippen LogP contribution is 2.29. The van der Waals surface area contributed by atoms with Gasteiger partial charge in [0.2, 0.25) is 17.7 Å². The molecule has 0 unspecified atom stereocenters. The van der Waals surface area contributed by atoms with Crippen molar-refractivity contribution in [3.63, 3.8) is 0 Å². The molecule has 1 heterocycles. The number of anilines is 2. The Balaban J connectivity index is 1.52. The molecule has 25 heavy (non-hydrogen) atoms. The Morgan fingerprint density at radius 1 is 1.16 bits per heavy atom. The molecule has 0 spiro atoms. The van der Waals surface area contributed by atoms with E-state index in [0.717, 1.165) is 31.6 Å². The van der Waals surface area contributed by atoms with Crippen LogP contribution in [0.25, 0.3) is 0 Å². The summed E-state index contributed by atoms with van der Waals surface area (Å²) in [6, 6.07) is 7.44. The maximum Gasteiger partial charge on any atom is 0.244 e. The molecule has 6 heteroatoms. The monoisotopic (exact) mass is 343 g/mol. The molecular formula is C19H25N3O3. The number of para-hydroxylation sites is 2. The average molecular weight is 343 g/mol. The number of nitrogens with one attached hydrogen (secondary N) is 2. The molecule has 3 amide bonds. The lowest BCUT2D eigenvalue weighted by molar-refractivity contribution is -0.126. The predicted octanol–water partition coefficient (Wildman–Crippen LogP) is 2.45. The van der Waals surface area contributed by atoms with E-state index in [1.54, 1.807) is 12.1 Å². The topological polar surface area (TPSA) is 78.5 Å². The number of rotatable bonds is 4. The van der Waals surface area contributed by atoms with Gasteiger partial charge in [-0.3, -0.25) is 14.4 Å². The van der Waals surface area contributed by atoms with E-state index in [2.05, 4.69) is 17.6 Å².